The third-order valence-corrected chi connectivity index (χ3v) is 6.84. The molecule has 0 radical (unpaired) electrons. The number of rotatable bonds is 3. The van der Waals surface area contributed by atoms with Crippen LogP contribution < -0.4 is 5.56 Å². The zero-order valence-electron chi connectivity index (χ0n) is 13.9. The van der Waals surface area contributed by atoms with E-state index in [4.69, 9.17) is 4.98 Å². The molecule has 0 bridgehead atoms. The van der Waals surface area contributed by atoms with E-state index in [-0.39, 0.29) is 5.56 Å². The van der Waals surface area contributed by atoms with Gasteiger partial charge in [0.15, 0.2) is 5.16 Å². The Morgan fingerprint density at radius 1 is 1.38 bits per heavy atom. The lowest BCUT2D eigenvalue weighted by molar-refractivity contribution is 0.509. The van der Waals surface area contributed by atoms with Gasteiger partial charge in [0.2, 0.25) is 0 Å². The van der Waals surface area contributed by atoms with E-state index in [1.54, 1.807) is 23.1 Å². The molecule has 1 aliphatic rings. The van der Waals surface area contributed by atoms with Gasteiger partial charge >= 0.3 is 0 Å². The summed E-state index contributed by atoms with van der Waals surface area (Å²) in [6.07, 6.45) is 3.26. The molecule has 0 saturated heterocycles. The first-order chi connectivity index (χ1) is 11.6. The van der Waals surface area contributed by atoms with Crippen LogP contribution in [0.3, 0.4) is 0 Å². The van der Waals surface area contributed by atoms with Gasteiger partial charge in [-0.15, -0.1) is 11.3 Å². The minimum absolute atomic E-state index is 0.0272. The molecule has 3 nitrogen and oxygen atoms in total. The number of benzene rings is 1. The number of thiophene rings is 1. The fourth-order valence-electron chi connectivity index (χ4n) is 3.32. The van der Waals surface area contributed by atoms with Gasteiger partial charge in [-0.25, -0.2) is 4.98 Å². The van der Waals surface area contributed by atoms with Gasteiger partial charge in [0, 0.05) is 10.6 Å². The maximum Gasteiger partial charge on any atom is 0.260 e. The van der Waals surface area contributed by atoms with Gasteiger partial charge < -0.3 is 4.98 Å². The van der Waals surface area contributed by atoms with Gasteiger partial charge in [0.1, 0.15) is 4.83 Å². The first-order valence-corrected chi connectivity index (χ1v) is 10.1. The van der Waals surface area contributed by atoms with Crippen molar-refractivity contribution in [1.82, 2.24) is 9.97 Å². The van der Waals surface area contributed by atoms with E-state index in [0.717, 1.165) is 34.0 Å². The van der Waals surface area contributed by atoms with Crippen LogP contribution in [0.1, 0.15) is 34.9 Å². The third-order valence-electron chi connectivity index (χ3n) is 4.77. The summed E-state index contributed by atoms with van der Waals surface area (Å²) in [7, 11) is 0. The summed E-state index contributed by atoms with van der Waals surface area (Å²) < 4.78 is 0. The molecule has 0 amide bonds. The number of aromatic amines is 1. The van der Waals surface area contributed by atoms with Gasteiger partial charge in [0.25, 0.3) is 5.56 Å². The number of hydrogen-bond donors (Lipinski definition) is 1. The molecule has 4 rings (SSSR count). The van der Waals surface area contributed by atoms with Crippen molar-refractivity contribution in [2.24, 2.45) is 5.92 Å². The van der Waals surface area contributed by atoms with E-state index in [1.165, 1.54) is 28.0 Å². The maximum atomic E-state index is 12.6. The zero-order chi connectivity index (χ0) is 16.7. The van der Waals surface area contributed by atoms with Crippen LogP contribution in [0, 0.1) is 12.8 Å². The summed E-state index contributed by atoms with van der Waals surface area (Å²) in [4.78, 5) is 22.6. The van der Waals surface area contributed by atoms with Crippen LogP contribution in [0.4, 0.5) is 0 Å². The first kappa shape index (κ1) is 15.9. The molecule has 0 fully saturated rings. The summed E-state index contributed by atoms with van der Waals surface area (Å²) in [6, 6.07) is 8.34. The standard InChI is InChI=1S/C19H20N2OS2/c1-11-7-8-14-15(9-11)24-18-16(14)17(22)20-19(21-18)23-10-13-6-4-3-5-12(13)2/h3-6,11H,7-10H2,1-2H3,(H,20,21,22)/t11-/m1/s1. The molecule has 1 aromatic carbocycles. The molecule has 2 heterocycles. The molecule has 24 heavy (non-hydrogen) atoms. The van der Waals surface area contributed by atoms with E-state index >= 15 is 0 Å². The molecule has 3 aromatic rings. The van der Waals surface area contributed by atoms with Crippen molar-refractivity contribution in [2.45, 2.75) is 44.0 Å². The molecule has 1 aliphatic carbocycles. The first-order valence-electron chi connectivity index (χ1n) is 8.33. The van der Waals surface area contributed by atoms with Crippen molar-refractivity contribution < 1.29 is 0 Å². The fourth-order valence-corrected chi connectivity index (χ4v) is 5.69. The number of nitrogens with one attached hydrogen (secondary N) is 1. The number of hydrogen-bond acceptors (Lipinski definition) is 4. The van der Waals surface area contributed by atoms with Crippen molar-refractivity contribution in [1.29, 1.82) is 0 Å². The molecular weight excluding hydrogens is 336 g/mol. The highest BCUT2D eigenvalue weighted by Crippen LogP contribution is 2.36. The van der Waals surface area contributed by atoms with Crippen LogP contribution in [0.2, 0.25) is 0 Å². The van der Waals surface area contributed by atoms with E-state index in [9.17, 15) is 4.79 Å². The minimum atomic E-state index is 0.0272. The molecule has 2 aromatic heterocycles. The van der Waals surface area contributed by atoms with Gasteiger partial charge in [-0.2, -0.15) is 0 Å². The van der Waals surface area contributed by atoms with Crippen LogP contribution in [0.25, 0.3) is 10.2 Å². The minimum Gasteiger partial charge on any atom is -0.301 e. The van der Waals surface area contributed by atoms with Crippen LogP contribution in [-0.2, 0) is 18.6 Å². The van der Waals surface area contributed by atoms with E-state index in [0.29, 0.717) is 5.92 Å². The number of H-pyrrole nitrogens is 1. The van der Waals surface area contributed by atoms with Crippen LogP contribution in [0.5, 0.6) is 0 Å². The lowest BCUT2D eigenvalue weighted by Gasteiger charge is -2.17. The van der Waals surface area contributed by atoms with Crippen molar-refractivity contribution in [3.8, 4) is 0 Å². The van der Waals surface area contributed by atoms with E-state index < -0.39 is 0 Å². The SMILES string of the molecule is Cc1ccccc1CSc1nc2sc3c(c2c(=O)[nH]1)CC[C@@H](C)C3. The van der Waals surface area contributed by atoms with Gasteiger partial charge in [-0.1, -0.05) is 43.0 Å². The average molecular weight is 357 g/mol. The monoisotopic (exact) mass is 356 g/mol. The van der Waals surface area contributed by atoms with Crippen LogP contribution in [0.15, 0.2) is 34.2 Å². The molecule has 0 spiro atoms. The second-order valence-corrected chi connectivity index (χ2v) is 8.67. The van der Waals surface area contributed by atoms with Crippen LogP contribution >= 0.6 is 23.1 Å². The summed E-state index contributed by atoms with van der Waals surface area (Å²) in [5, 5.41) is 1.56. The van der Waals surface area contributed by atoms with Crippen molar-refractivity contribution in [3.05, 3.63) is 56.2 Å². The highest BCUT2D eigenvalue weighted by atomic mass is 32.2. The predicted octanol–water partition coefficient (Wildman–Crippen LogP) is 4.71. The van der Waals surface area contributed by atoms with Gasteiger partial charge in [0.05, 0.1) is 5.39 Å². The second kappa shape index (κ2) is 6.37. The highest BCUT2D eigenvalue weighted by Gasteiger charge is 2.23. The lowest BCUT2D eigenvalue weighted by atomic mass is 9.89. The molecule has 5 heteroatoms. The quantitative estimate of drug-likeness (QED) is 0.546. The Kier molecular flexibility index (Phi) is 4.22. The number of nitrogens with zero attached hydrogens (tertiary/aromatic N) is 1. The average Bonchev–Trinajstić information content (AvgIpc) is 2.91. The summed E-state index contributed by atoms with van der Waals surface area (Å²) in [5.41, 5.74) is 3.83. The van der Waals surface area contributed by atoms with E-state index in [2.05, 4.69) is 37.0 Å². The predicted molar refractivity (Wildman–Crippen MR) is 102 cm³/mol. The molecule has 124 valence electrons. The van der Waals surface area contributed by atoms with Gasteiger partial charge in [-0.3, -0.25) is 4.79 Å². The molecule has 0 unspecified atom stereocenters. The Labute approximate surface area is 149 Å². The molecule has 0 aliphatic heterocycles. The highest BCUT2D eigenvalue weighted by molar-refractivity contribution is 7.98. The van der Waals surface area contributed by atoms with Crippen molar-refractivity contribution in [3.63, 3.8) is 0 Å². The Hall–Kier alpha value is -1.59. The fraction of sp³-hybridized carbons (Fsp3) is 0.368. The summed E-state index contributed by atoms with van der Waals surface area (Å²) >= 11 is 3.32. The lowest BCUT2D eigenvalue weighted by Crippen LogP contribution is -2.13. The smallest absolute Gasteiger partial charge is 0.260 e. The maximum absolute atomic E-state index is 12.6. The number of fused-ring (bicyclic) bond motifs is 3. The molecule has 1 atom stereocenters. The number of aryl methyl sites for hydroxylation is 2. The van der Waals surface area contributed by atoms with Crippen molar-refractivity contribution >= 4 is 33.3 Å². The Morgan fingerprint density at radius 2 is 2.21 bits per heavy atom. The number of aromatic nitrogens is 2. The summed E-state index contributed by atoms with van der Waals surface area (Å²) in [5.74, 6) is 1.53. The molecule has 0 saturated carbocycles. The normalized spacial score (nSPS) is 17.2. The summed E-state index contributed by atoms with van der Waals surface area (Å²) in [6.45, 7) is 4.40. The molecular formula is C19H20N2OS2. The number of thioether (sulfide) groups is 1. The molecule has 1 N–H and O–H groups in total. The van der Waals surface area contributed by atoms with Crippen LogP contribution in [-0.4, -0.2) is 9.97 Å². The van der Waals surface area contributed by atoms with Gasteiger partial charge in [-0.05, 0) is 48.8 Å². The Bertz CT molecular complexity index is 958. The Morgan fingerprint density at radius 3 is 3.04 bits per heavy atom. The topological polar surface area (TPSA) is 45.8 Å². The zero-order valence-corrected chi connectivity index (χ0v) is 15.5. The van der Waals surface area contributed by atoms with E-state index in [1.807, 2.05) is 6.07 Å². The second-order valence-electron chi connectivity index (χ2n) is 6.62. The third kappa shape index (κ3) is 2.91. The largest absolute Gasteiger partial charge is 0.301 e. The Balaban J connectivity index is 1.66. The van der Waals surface area contributed by atoms with Crippen molar-refractivity contribution in [2.75, 3.05) is 0 Å².